The summed E-state index contributed by atoms with van der Waals surface area (Å²) in [5.74, 6) is 0.269. The van der Waals surface area contributed by atoms with Crippen molar-refractivity contribution >= 4 is 39.2 Å². The molecule has 5 N–H and O–H groups in total. The van der Waals surface area contributed by atoms with Crippen LogP contribution in [0.25, 0.3) is 10.2 Å². The van der Waals surface area contributed by atoms with Crippen molar-refractivity contribution in [3.8, 4) is 0 Å². The highest BCUT2D eigenvalue weighted by atomic mass is 32.1. The van der Waals surface area contributed by atoms with Gasteiger partial charge in [-0.15, -0.1) is 11.3 Å². The van der Waals surface area contributed by atoms with Crippen molar-refractivity contribution in [3.63, 3.8) is 0 Å². The SMILES string of the molecule is NC(=O)CNc1nc(N)nc2sccc12. The second-order valence-corrected chi connectivity index (χ2v) is 3.78. The molecule has 1 amide bonds. The van der Waals surface area contributed by atoms with Gasteiger partial charge in [0.1, 0.15) is 10.6 Å². The third-order valence-electron chi connectivity index (χ3n) is 1.77. The van der Waals surface area contributed by atoms with E-state index < -0.39 is 5.91 Å². The number of carbonyl (C=O) groups excluding carboxylic acids is 1. The summed E-state index contributed by atoms with van der Waals surface area (Å²) in [6, 6.07) is 1.86. The van der Waals surface area contributed by atoms with Crippen molar-refractivity contribution in [2.24, 2.45) is 5.73 Å². The topological polar surface area (TPSA) is 107 Å². The van der Waals surface area contributed by atoms with Crippen LogP contribution in [0, 0.1) is 0 Å². The second kappa shape index (κ2) is 3.70. The lowest BCUT2D eigenvalue weighted by Gasteiger charge is -2.04. The third kappa shape index (κ3) is 1.96. The fourth-order valence-electron chi connectivity index (χ4n) is 1.18. The summed E-state index contributed by atoms with van der Waals surface area (Å²) < 4.78 is 0. The smallest absolute Gasteiger partial charge is 0.236 e. The summed E-state index contributed by atoms with van der Waals surface area (Å²) in [5.41, 5.74) is 10.5. The minimum atomic E-state index is -0.449. The van der Waals surface area contributed by atoms with Crippen LogP contribution in [0.5, 0.6) is 0 Å². The van der Waals surface area contributed by atoms with Gasteiger partial charge < -0.3 is 16.8 Å². The maximum Gasteiger partial charge on any atom is 0.236 e. The number of amides is 1. The number of nitrogens with two attached hydrogens (primary N) is 2. The second-order valence-electron chi connectivity index (χ2n) is 2.89. The van der Waals surface area contributed by atoms with Crippen LogP contribution in [0.3, 0.4) is 0 Å². The summed E-state index contributed by atoms with van der Waals surface area (Å²) in [6.07, 6.45) is 0. The summed E-state index contributed by atoms with van der Waals surface area (Å²) >= 11 is 1.46. The number of aromatic nitrogens is 2. The number of nitrogens with one attached hydrogen (secondary N) is 1. The number of thiophene rings is 1. The predicted molar refractivity (Wildman–Crippen MR) is 59.5 cm³/mol. The van der Waals surface area contributed by atoms with E-state index in [1.165, 1.54) is 11.3 Å². The van der Waals surface area contributed by atoms with Gasteiger partial charge in [-0.25, -0.2) is 4.98 Å². The largest absolute Gasteiger partial charge is 0.368 e. The first kappa shape index (κ1) is 9.66. The average molecular weight is 223 g/mol. The zero-order valence-electron chi connectivity index (χ0n) is 7.73. The van der Waals surface area contributed by atoms with Gasteiger partial charge >= 0.3 is 0 Å². The van der Waals surface area contributed by atoms with Crippen LogP contribution in [-0.2, 0) is 4.79 Å². The van der Waals surface area contributed by atoms with Crippen LogP contribution in [0.4, 0.5) is 11.8 Å². The third-order valence-corrected chi connectivity index (χ3v) is 2.58. The monoisotopic (exact) mass is 223 g/mol. The highest BCUT2D eigenvalue weighted by Crippen LogP contribution is 2.25. The molecule has 0 fully saturated rings. The number of anilines is 2. The molecule has 0 aliphatic heterocycles. The molecule has 0 saturated heterocycles. The molecule has 0 unspecified atom stereocenters. The summed E-state index contributed by atoms with van der Waals surface area (Å²) in [5, 5.41) is 5.54. The molecule has 0 aliphatic rings. The van der Waals surface area contributed by atoms with E-state index in [0.717, 1.165) is 10.2 Å². The van der Waals surface area contributed by atoms with Gasteiger partial charge in [0, 0.05) is 0 Å². The van der Waals surface area contributed by atoms with Crippen molar-refractivity contribution in [1.82, 2.24) is 9.97 Å². The molecule has 0 spiro atoms. The van der Waals surface area contributed by atoms with Crippen molar-refractivity contribution in [1.29, 1.82) is 0 Å². The van der Waals surface area contributed by atoms with Crippen molar-refractivity contribution < 1.29 is 4.79 Å². The standard InChI is InChI=1S/C8H9N5OS/c9-5(14)3-11-6-4-1-2-15-7(4)13-8(10)12-6/h1-2H,3H2,(H2,9,14)(H3,10,11,12,13). The van der Waals surface area contributed by atoms with Crippen molar-refractivity contribution in [2.45, 2.75) is 0 Å². The van der Waals surface area contributed by atoms with Crippen LogP contribution in [0.2, 0.25) is 0 Å². The molecule has 0 aromatic carbocycles. The maximum absolute atomic E-state index is 10.6. The minimum absolute atomic E-state index is 0.0292. The Hall–Kier alpha value is -1.89. The number of nitrogens with zero attached hydrogens (tertiary/aromatic N) is 2. The Labute approximate surface area is 89.3 Å². The zero-order valence-corrected chi connectivity index (χ0v) is 8.54. The lowest BCUT2D eigenvalue weighted by molar-refractivity contribution is -0.116. The van der Waals surface area contributed by atoms with Crippen LogP contribution in [0.15, 0.2) is 11.4 Å². The van der Waals surface area contributed by atoms with E-state index in [4.69, 9.17) is 11.5 Å². The molecule has 0 atom stereocenters. The molecule has 7 heteroatoms. The summed E-state index contributed by atoms with van der Waals surface area (Å²) in [7, 11) is 0. The molecule has 2 aromatic heterocycles. The summed E-state index contributed by atoms with van der Waals surface area (Å²) in [4.78, 5) is 19.5. The lowest BCUT2D eigenvalue weighted by atomic mass is 10.4. The molecular weight excluding hydrogens is 214 g/mol. The molecule has 2 rings (SSSR count). The molecular formula is C8H9N5OS. The van der Waals surface area contributed by atoms with Crippen molar-refractivity contribution in [3.05, 3.63) is 11.4 Å². The van der Waals surface area contributed by atoms with Gasteiger partial charge in [0.05, 0.1) is 11.9 Å². The Morgan fingerprint density at radius 3 is 3.07 bits per heavy atom. The molecule has 0 aliphatic carbocycles. The van der Waals surface area contributed by atoms with E-state index in [1.54, 1.807) is 0 Å². The summed E-state index contributed by atoms with van der Waals surface area (Å²) in [6.45, 7) is 0.0292. The van der Waals surface area contributed by atoms with Crippen molar-refractivity contribution in [2.75, 3.05) is 17.6 Å². The van der Waals surface area contributed by atoms with E-state index >= 15 is 0 Å². The van der Waals surface area contributed by atoms with E-state index in [0.29, 0.717) is 5.82 Å². The molecule has 0 radical (unpaired) electrons. The van der Waals surface area contributed by atoms with Crippen LogP contribution >= 0.6 is 11.3 Å². The Kier molecular flexibility index (Phi) is 2.38. The van der Waals surface area contributed by atoms with Gasteiger partial charge in [-0.3, -0.25) is 4.79 Å². The number of hydrogen-bond donors (Lipinski definition) is 3. The first-order chi connectivity index (χ1) is 7.16. The number of nitrogen functional groups attached to an aromatic ring is 1. The predicted octanol–water partition coefficient (Wildman–Crippen LogP) is 0.171. The minimum Gasteiger partial charge on any atom is -0.368 e. The quantitative estimate of drug-likeness (QED) is 0.687. The van der Waals surface area contributed by atoms with Gasteiger partial charge in [0.15, 0.2) is 0 Å². The Balaban J connectivity index is 2.39. The first-order valence-electron chi connectivity index (χ1n) is 4.19. The molecule has 78 valence electrons. The lowest BCUT2D eigenvalue weighted by Crippen LogP contribution is -2.22. The number of carbonyl (C=O) groups is 1. The fourth-order valence-corrected chi connectivity index (χ4v) is 1.95. The molecule has 2 heterocycles. The highest BCUT2D eigenvalue weighted by Gasteiger charge is 2.07. The number of hydrogen-bond acceptors (Lipinski definition) is 6. The van der Waals surface area contributed by atoms with Gasteiger partial charge in [-0.05, 0) is 11.4 Å². The van der Waals surface area contributed by atoms with Crippen LogP contribution < -0.4 is 16.8 Å². The van der Waals surface area contributed by atoms with Gasteiger partial charge in [-0.1, -0.05) is 0 Å². The van der Waals surface area contributed by atoms with E-state index in [-0.39, 0.29) is 12.5 Å². The Morgan fingerprint density at radius 1 is 1.53 bits per heavy atom. The normalized spacial score (nSPS) is 10.4. The van der Waals surface area contributed by atoms with Gasteiger partial charge in [-0.2, -0.15) is 4.98 Å². The number of primary amides is 1. The average Bonchev–Trinajstić information content (AvgIpc) is 2.61. The number of rotatable bonds is 3. The van der Waals surface area contributed by atoms with Crippen LogP contribution in [-0.4, -0.2) is 22.4 Å². The fraction of sp³-hybridized carbons (Fsp3) is 0.125. The van der Waals surface area contributed by atoms with Gasteiger partial charge in [0.2, 0.25) is 11.9 Å². The first-order valence-corrected chi connectivity index (χ1v) is 5.07. The van der Waals surface area contributed by atoms with Gasteiger partial charge in [0.25, 0.3) is 0 Å². The molecule has 0 saturated carbocycles. The van der Waals surface area contributed by atoms with E-state index in [2.05, 4.69) is 15.3 Å². The zero-order chi connectivity index (χ0) is 10.8. The maximum atomic E-state index is 10.6. The van der Waals surface area contributed by atoms with E-state index in [9.17, 15) is 4.79 Å². The molecule has 15 heavy (non-hydrogen) atoms. The van der Waals surface area contributed by atoms with Crippen LogP contribution in [0.1, 0.15) is 0 Å². The molecule has 6 nitrogen and oxygen atoms in total. The molecule has 2 aromatic rings. The number of fused-ring (bicyclic) bond motifs is 1. The highest BCUT2D eigenvalue weighted by molar-refractivity contribution is 7.16. The van der Waals surface area contributed by atoms with E-state index in [1.807, 2.05) is 11.4 Å². The molecule has 0 bridgehead atoms. The Morgan fingerprint density at radius 2 is 2.33 bits per heavy atom. The Bertz CT molecular complexity index is 509.